The molecule has 1 amide bonds. The second-order valence-corrected chi connectivity index (χ2v) is 6.12. The van der Waals surface area contributed by atoms with Crippen molar-refractivity contribution in [2.24, 2.45) is 0 Å². The minimum atomic E-state index is -0.408. The molecule has 7 nitrogen and oxygen atoms in total. The molecule has 8 heteroatoms. The van der Waals surface area contributed by atoms with Crippen molar-refractivity contribution in [2.45, 2.75) is 6.92 Å². The standard InChI is InChI=1S/C20H17ClN4O3/c1-2-28-20(27)13-3-7-16(8-4-13)23-19(26)17-11-12-18(25-24-17)22-15-9-5-14(21)6-10-15/h3-12H,2H2,1H3,(H,22,25)(H,23,26). The number of aromatic nitrogens is 2. The van der Waals surface area contributed by atoms with E-state index in [0.717, 1.165) is 5.69 Å². The van der Waals surface area contributed by atoms with E-state index >= 15 is 0 Å². The van der Waals surface area contributed by atoms with Gasteiger partial charge in [0.1, 0.15) is 0 Å². The molecule has 2 N–H and O–H groups in total. The number of ether oxygens (including phenoxy) is 1. The van der Waals surface area contributed by atoms with E-state index in [2.05, 4.69) is 20.8 Å². The van der Waals surface area contributed by atoms with Crippen LogP contribution in [-0.4, -0.2) is 28.7 Å². The van der Waals surface area contributed by atoms with Gasteiger partial charge in [-0.1, -0.05) is 11.6 Å². The maximum Gasteiger partial charge on any atom is 0.338 e. The molecular weight excluding hydrogens is 380 g/mol. The lowest BCUT2D eigenvalue weighted by Gasteiger charge is -2.07. The molecule has 0 aliphatic carbocycles. The Morgan fingerprint density at radius 1 is 0.929 bits per heavy atom. The summed E-state index contributed by atoms with van der Waals surface area (Å²) >= 11 is 5.85. The molecule has 0 atom stereocenters. The molecule has 28 heavy (non-hydrogen) atoms. The Morgan fingerprint density at radius 3 is 2.21 bits per heavy atom. The zero-order valence-electron chi connectivity index (χ0n) is 15.0. The second kappa shape index (κ2) is 8.96. The molecule has 142 valence electrons. The quantitative estimate of drug-likeness (QED) is 0.603. The van der Waals surface area contributed by atoms with Crippen LogP contribution in [0.25, 0.3) is 0 Å². The van der Waals surface area contributed by atoms with Gasteiger partial charge in [-0.25, -0.2) is 4.79 Å². The number of hydrogen-bond donors (Lipinski definition) is 2. The first kappa shape index (κ1) is 19.3. The van der Waals surface area contributed by atoms with E-state index in [9.17, 15) is 9.59 Å². The Labute approximate surface area is 166 Å². The SMILES string of the molecule is CCOC(=O)c1ccc(NC(=O)c2ccc(Nc3ccc(Cl)cc3)nn2)cc1. The molecule has 0 saturated carbocycles. The minimum Gasteiger partial charge on any atom is -0.462 e. The third kappa shape index (κ3) is 5.05. The Morgan fingerprint density at radius 2 is 1.61 bits per heavy atom. The topological polar surface area (TPSA) is 93.2 Å². The van der Waals surface area contributed by atoms with Crippen molar-refractivity contribution in [1.29, 1.82) is 0 Å². The molecule has 1 heterocycles. The lowest BCUT2D eigenvalue weighted by atomic mass is 10.2. The average molecular weight is 397 g/mol. The number of carbonyl (C=O) groups excluding carboxylic acids is 2. The molecule has 0 aliphatic rings. The lowest BCUT2D eigenvalue weighted by molar-refractivity contribution is 0.0526. The van der Waals surface area contributed by atoms with Crippen LogP contribution in [0, 0.1) is 0 Å². The van der Waals surface area contributed by atoms with Gasteiger partial charge < -0.3 is 15.4 Å². The van der Waals surface area contributed by atoms with Crippen molar-refractivity contribution in [1.82, 2.24) is 10.2 Å². The molecule has 3 rings (SSSR count). The number of anilines is 3. The molecule has 0 bridgehead atoms. The molecule has 0 unspecified atom stereocenters. The molecule has 0 saturated heterocycles. The third-order valence-electron chi connectivity index (χ3n) is 3.67. The first-order valence-electron chi connectivity index (χ1n) is 8.50. The number of benzene rings is 2. The van der Waals surface area contributed by atoms with Gasteiger partial charge in [0, 0.05) is 16.4 Å². The van der Waals surface area contributed by atoms with E-state index in [0.29, 0.717) is 28.7 Å². The molecule has 2 aromatic carbocycles. The summed E-state index contributed by atoms with van der Waals surface area (Å²) in [6.45, 7) is 2.04. The van der Waals surface area contributed by atoms with Crippen LogP contribution in [-0.2, 0) is 4.74 Å². The summed E-state index contributed by atoms with van der Waals surface area (Å²) in [6, 6.07) is 16.8. The Balaban J connectivity index is 1.61. The monoisotopic (exact) mass is 396 g/mol. The Kier molecular flexibility index (Phi) is 6.18. The fourth-order valence-corrected chi connectivity index (χ4v) is 2.43. The van der Waals surface area contributed by atoms with Crippen molar-refractivity contribution in [2.75, 3.05) is 17.2 Å². The van der Waals surface area contributed by atoms with Crippen molar-refractivity contribution in [3.63, 3.8) is 0 Å². The summed E-state index contributed by atoms with van der Waals surface area (Å²) in [6.07, 6.45) is 0. The van der Waals surface area contributed by atoms with Gasteiger partial charge in [-0.3, -0.25) is 4.79 Å². The highest BCUT2D eigenvalue weighted by Crippen LogP contribution is 2.17. The second-order valence-electron chi connectivity index (χ2n) is 5.69. The third-order valence-corrected chi connectivity index (χ3v) is 3.92. The van der Waals surface area contributed by atoms with Crippen LogP contribution < -0.4 is 10.6 Å². The summed E-state index contributed by atoms with van der Waals surface area (Å²) in [4.78, 5) is 23.9. The van der Waals surface area contributed by atoms with Crippen molar-refractivity contribution in [3.8, 4) is 0 Å². The highest BCUT2D eigenvalue weighted by Gasteiger charge is 2.10. The number of halogens is 1. The van der Waals surface area contributed by atoms with Gasteiger partial charge in [0.15, 0.2) is 11.5 Å². The molecule has 0 fully saturated rings. The summed E-state index contributed by atoms with van der Waals surface area (Å²) in [5.74, 6) is -0.317. The number of nitrogens with zero attached hydrogens (tertiary/aromatic N) is 2. The van der Waals surface area contributed by atoms with Crippen molar-refractivity contribution < 1.29 is 14.3 Å². The predicted octanol–water partition coefficient (Wildman–Crippen LogP) is 4.30. The van der Waals surface area contributed by atoms with Gasteiger partial charge in [-0.05, 0) is 67.6 Å². The minimum absolute atomic E-state index is 0.163. The Hall–Kier alpha value is -3.45. The number of hydrogen-bond acceptors (Lipinski definition) is 6. The van der Waals surface area contributed by atoms with E-state index in [1.165, 1.54) is 0 Å². The van der Waals surface area contributed by atoms with E-state index in [1.807, 2.05) is 12.1 Å². The fourth-order valence-electron chi connectivity index (χ4n) is 2.30. The molecule has 1 aromatic heterocycles. The van der Waals surface area contributed by atoms with Gasteiger partial charge in [-0.15, -0.1) is 10.2 Å². The van der Waals surface area contributed by atoms with E-state index in [4.69, 9.17) is 16.3 Å². The van der Waals surface area contributed by atoms with Crippen LogP contribution in [0.5, 0.6) is 0 Å². The average Bonchev–Trinajstić information content (AvgIpc) is 2.71. The number of carbonyl (C=O) groups is 2. The van der Waals surface area contributed by atoms with Crippen LogP contribution in [0.3, 0.4) is 0 Å². The molecular formula is C20H17ClN4O3. The van der Waals surface area contributed by atoms with Crippen LogP contribution in [0.2, 0.25) is 5.02 Å². The lowest BCUT2D eigenvalue weighted by Crippen LogP contribution is -2.14. The van der Waals surface area contributed by atoms with E-state index in [-0.39, 0.29) is 5.69 Å². The zero-order valence-corrected chi connectivity index (χ0v) is 15.7. The normalized spacial score (nSPS) is 10.2. The van der Waals surface area contributed by atoms with Gasteiger partial charge in [0.05, 0.1) is 12.2 Å². The molecule has 0 spiro atoms. The fraction of sp³-hybridized carbons (Fsp3) is 0.100. The first-order valence-corrected chi connectivity index (χ1v) is 8.88. The smallest absolute Gasteiger partial charge is 0.338 e. The van der Waals surface area contributed by atoms with Crippen LogP contribution in [0.15, 0.2) is 60.7 Å². The molecule has 0 radical (unpaired) electrons. The highest BCUT2D eigenvalue weighted by atomic mass is 35.5. The van der Waals surface area contributed by atoms with Gasteiger partial charge in [-0.2, -0.15) is 0 Å². The molecule has 0 aliphatic heterocycles. The Bertz CT molecular complexity index is 958. The summed E-state index contributed by atoms with van der Waals surface area (Å²) in [7, 11) is 0. The zero-order chi connectivity index (χ0) is 19.9. The van der Waals surface area contributed by atoms with Gasteiger partial charge >= 0.3 is 5.97 Å². The predicted molar refractivity (Wildman–Crippen MR) is 107 cm³/mol. The summed E-state index contributed by atoms with van der Waals surface area (Å²) in [5, 5.41) is 14.3. The summed E-state index contributed by atoms with van der Waals surface area (Å²) < 4.78 is 4.92. The highest BCUT2D eigenvalue weighted by molar-refractivity contribution is 6.30. The number of esters is 1. The van der Waals surface area contributed by atoms with Crippen LogP contribution in [0.1, 0.15) is 27.8 Å². The van der Waals surface area contributed by atoms with E-state index < -0.39 is 11.9 Å². The largest absolute Gasteiger partial charge is 0.462 e. The van der Waals surface area contributed by atoms with Crippen LogP contribution >= 0.6 is 11.6 Å². The number of nitrogens with one attached hydrogen (secondary N) is 2. The van der Waals surface area contributed by atoms with Crippen molar-refractivity contribution in [3.05, 3.63) is 76.9 Å². The van der Waals surface area contributed by atoms with Gasteiger partial charge in [0.2, 0.25) is 0 Å². The molecule has 3 aromatic rings. The maximum atomic E-state index is 12.3. The van der Waals surface area contributed by atoms with E-state index in [1.54, 1.807) is 55.5 Å². The number of amides is 1. The summed E-state index contributed by atoms with van der Waals surface area (Å²) in [5.41, 5.74) is 1.91. The number of rotatable bonds is 6. The van der Waals surface area contributed by atoms with Crippen molar-refractivity contribution >= 4 is 40.7 Å². The first-order chi connectivity index (χ1) is 13.5. The maximum absolute atomic E-state index is 12.3. The van der Waals surface area contributed by atoms with Gasteiger partial charge in [0.25, 0.3) is 5.91 Å². The van der Waals surface area contributed by atoms with Crippen LogP contribution in [0.4, 0.5) is 17.2 Å².